The number of amides is 1. The summed E-state index contributed by atoms with van der Waals surface area (Å²) in [5, 5.41) is 9.56. The number of carbonyl (C=O) groups is 1. The van der Waals surface area contributed by atoms with E-state index in [9.17, 15) is 4.79 Å². The predicted molar refractivity (Wildman–Crippen MR) is 125 cm³/mol. The van der Waals surface area contributed by atoms with E-state index in [2.05, 4.69) is 25.0 Å². The summed E-state index contributed by atoms with van der Waals surface area (Å²) < 4.78 is 0. The third-order valence-corrected chi connectivity index (χ3v) is 6.79. The molecule has 2 aromatic heterocycles. The van der Waals surface area contributed by atoms with Crippen molar-refractivity contribution < 1.29 is 4.79 Å². The smallest absolute Gasteiger partial charge is 0.256 e. The van der Waals surface area contributed by atoms with Gasteiger partial charge in [-0.15, -0.1) is 0 Å². The third kappa shape index (κ3) is 3.51. The number of rotatable bonds is 3. The molecule has 4 heterocycles. The Balaban J connectivity index is 1.31. The van der Waals surface area contributed by atoms with Gasteiger partial charge in [-0.3, -0.25) is 4.79 Å². The summed E-state index contributed by atoms with van der Waals surface area (Å²) in [7, 11) is 0. The van der Waals surface area contributed by atoms with E-state index in [4.69, 9.17) is 4.98 Å². The molecule has 4 aromatic rings. The summed E-state index contributed by atoms with van der Waals surface area (Å²) in [6.07, 6.45) is 8.07. The van der Waals surface area contributed by atoms with Crippen molar-refractivity contribution >= 4 is 22.8 Å². The maximum absolute atomic E-state index is 13.9. The van der Waals surface area contributed by atoms with Crippen molar-refractivity contribution in [3.63, 3.8) is 0 Å². The molecule has 33 heavy (non-hydrogen) atoms. The van der Waals surface area contributed by atoms with Crippen LogP contribution in [0, 0.1) is 6.92 Å². The first kappa shape index (κ1) is 19.8. The summed E-state index contributed by atoms with van der Waals surface area (Å²) in [6, 6.07) is 14.3. The monoisotopic (exact) mass is 439 g/mol. The molecule has 2 bridgehead atoms. The quantitative estimate of drug-likeness (QED) is 0.487. The Morgan fingerprint density at radius 3 is 2.70 bits per heavy atom. The van der Waals surface area contributed by atoms with Crippen molar-refractivity contribution in [2.45, 2.75) is 38.3 Å². The number of aryl methyl sites for hydroxylation is 1. The van der Waals surface area contributed by atoms with Crippen LogP contribution >= 0.6 is 0 Å². The van der Waals surface area contributed by atoms with E-state index in [1.54, 1.807) is 12.4 Å². The highest BCUT2D eigenvalue weighted by Crippen LogP contribution is 2.34. The second-order valence-corrected chi connectivity index (χ2v) is 8.90. The van der Waals surface area contributed by atoms with Gasteiger partial charge in [0.25, 0.3) is 5.91 Å². The van der Waals surface area contributed by atoms with Crippen molar-refractivity contribution in [1.29, 1.82) is 0 Å². The Kier molecular flexibility index (Phi) is 4.78. The molecule has 2 saturated heterocycles. The summed E-state index contributed by atoms with van der Waals surface area (Å²) in [6.45, 7) is 3.58. The van der Waals surface area contributed by atoms with E-state index in [0.717, 1.165) is 54.8 Å². The van der Waals surface area contributed by atoms with Gasteiger partial charge in [0.05, 0.1) is 29.2 Å². The minimum atomic E-state index is 0.0554. The molecule has 166 valence electrons. The van der Waals surface area contributed by atoms with E-state index >= 15 is 0 Å². The highest BCUT2D eigenvalue weighted by molar-refractivity contribution is 5.98. The Morgan fingerprint density at radius 1 is 1.00 bits per heavy atom. The van der Waals surface area contributed by atoms with Crippen molar-refractivity contribution in [3.05, 3.63) is 72.2 Å². The average Bonchev–Trinajstić information content (AvgIpc) is 3.46. The lowest BCUT2D eigenvalue weighted by molar-refractivity contribution is 0.0681. The molecule has 2 aliphatic heterocycles. The van der Waals surface area contributed by atoms with Crippen LogP contribution in [-0.2, 0) is 0 Å². The lowest BCUT2D eigenvalue weighted by atomic mass is 10.1. The molecular formula is C25H25N7O. The van der Waals surface area contributed by atoms with Gasteiger partial charge < -0.3 is 9.80 Å². The van der Waals surface area contributed by atoms with Gasteiger partial charge in [-0.1, -0.05) is 29.8 Å². The number of hydrogen-bond donors (Lipinski definition) is 0. The normalized spacial score (nSPS) is 20.3. The molecule has 2 aliphatic rings. The van der Waals surface area contributed by atoms with Crippen LogP contribution < -0.4 is 4.90 Å². The van der Waals surface area contributed by atoms with Gasteiger partial charge in [0, 0.05) is 36.8 Å². The molecule has 2 aromatic carbocycles. The zero-order valence-corrected chi connectivity index (χ0v) is 18.5. The number of hydrogen-bond acceptors (Lipinski definition) is 6. The molecule has 8 nitrogen and oxygen atoms in total. The summed E-state index contributed by atoms with van der Waals surface area (Å²) in [5.74, 6) is 0.797. The largest absolute Gasteiger partial charge is 0.339 e. The van der Waals surface area contributed by atoms with Crippen LogP contribution in [0.3, 0.4) is 0 Å². The topological polar surface area (TPSA) is 80.0 Å². The molecule has 0 aliphatic carbocycles. The van der Waals surface area contributed by atoms with Crippen LogP contribution in [0.1, 0.15) is 35.2 Å². The molecule has 2 atom stereocenters. The molecule has 0 radical (unpaired) electrons. The lowest BCUT2D eigenvalue weighted by Gasteiger charge is -2.29. The first-order chi connectivity index (χ1) is 16.2. The van der Waals surface area contributed by atoms with Crippen molar-refractivity contribution in [2.75, 3.05) is 18.0 Å². The molecule has 0 spiro atoms. The lowest BCUT2D eigenvalue weighted by Crippen LogP contribution is -2.43. The Morgan fingerprint density at radius 2 is 1.82 bits per heavy atom. The summed E-state index contributed by atoms with van der Waals surface area (Å²) in [5.41, 5.74) is 3.36. The zero-order chi connectivity index (χ0) is 22.4. The maximum Gasteiger partial charge on any atom is 0.256 e. The molecule has 0 N–H and O–H groups in total. The second-order valence-electron chi connectivity index (χ2n) is 8.90. The Bertz CT molecular complexity index is 1320. The van der Waals surface area contributed by atoms with Gasteiger partial charge in [0.2, 0.25) is 5.95 Å². The van der Waals surface area contributed by atoms with E-state index < -0.39 is 0 Å². The fraction of sp³-hybridized carbons (Fsp3) is 0.320. The molecular weight excluding hydrogens is 414 g/mol. The fourth-order valence-corrected chi connectivity index (χ4v) is 5.18. The third-order valence-electron chi connectivity index (χ3n) is 6.79. The number of aromatic nitrogens is 5. The van der Waals surface area contributed by atoms with Crippen LogP contribution in [0.25, 0.3) is 16.6 Å². The highest BCUT2D eigenvalue weighted by atomic mass is 16.2. The Labute approximate surface area is 191 Å². The van der Waals surface area contributed by atoms with Gasteiger partial charge in [0.15, 0.2) is 0 Å². The van der Waals surface area contributed by atoms with Crippen molar-refractivity contribution in [2.24, 2.45) is 0 Å². The van der Waals surface area contributed by atoms with E-state index in [1.165, 1.54) is 4.80 Å². The van der Waals surface area contributed by atoms with E-state index in [0.29, 0.717) is 11.3 Å². The van der Waals surface area contributed by atoms with E-state index in [-0.39, 0.29) is 18.0 Å². The number of fused-ring (bicyclic) bond motifs is 3. The van der Waals surface area contributed by atoms with Crippen LogP contribution in [0.5, 0.6) is 0 Å². The fourth-order valence-electron chi connectivity index (χ4n) is 5.18. The average molecular weight is 440 g/mol. The minimum absolute atomic E-state index is 0.0554. The number of carbonyl (C=O) groups excluding carboxylic acids is 1. The van der Waals surface area contributed by atoms with Crippen LogP contribution in [0.4, 0.5) is 5.95 Å². The van der Waals surface area contributed by atoms with Crippen LogP contribution in [-0.4, -0.2) is 60.9 Å². The SMILES string of the molecule is Cc1ccc(-n2nccn2)c(C(=O)N2C3CCC2CN(c2ncc4ccccc4n2)CC3)c1. The van der Waals surface area contributed by atoms with Crippen molar-refractivity contribution in [1.82, 2.24) is 29.9 Å². The summed E-state index contributed by atoms with van der Waals surface area (Å²) >= 11 is 0. The molecule has 0 saturated carbocycles. The summed E-state index contributed by atoms with van der Waals surface area (Å²) in [4.78, 5) is 29.2. The van der Waals surface area contributed by atoms with Gasteiger partial charge in [-0.2, -0.15) is 15.0 Å². The number of nitrogens with zero attached hydrogens (tertiary/aromatic N) is 7. The maximum atomic E-state index is 13.9. The van der Waals surface area contributed by atoms with Gasteiger partial charge in [-0.05, 0) is 44.4 Å². The first-order valence-corrected chi connectivity index (χ1v) is 11.4. The van der Waals surface area contributed by atoms with E-state index in [1.807, 2.05) is 55.6 Å². The number of para-hydroxylation sites is 1. The molecule has 2 fully saturated rings. The van der Waals surface area contributed by atoms with Crippen LogP contribution in [0.2, 0.25) is 0 Å². The second kappa shape index (κ2) is 7.95. The zero-order valence-electron chi connectivity index (χ0n) is 18.5. The predicted octanol–water partition coefficient (Wildman–Crippen LogP) is 3.40. The van der Waals surface area contributed by atoms with Gasteiger partial charge in [0.1, 0.15) is 0 Å². The molecule has 6 rings (SSSR count). The van der Waals surface area contributed by atoms with Crippen molar-refractivity contribution in [3.8, 4) is 5.69 Å². The number of benzene rings is 2. The van der Waals surface area contributed by atoms with Gasteiger partial charge in [-0.25, -0.2) is 9.97 Å². The standard InChI is InChI=1S/C25H25N7O/c1-17-6-9-23(32-27-11-12-28-32)21(14-17)24(33)31-19-7-8-20(31)16-30(13-10-19)25-26-15-18-4-2-3-5-22(18)29-25/h2-6,9,11-12,14-15,19-20H,7-8,10,13,16H2,1H3. The number of anilines is 1. The molecule has 8 heteroatoms. The Hall–Kier alpha value is -3.81. The van der Waals surface area contributed by atoms with Crippen LogP contribution in [0.15, 0.2) is 61.1 Å². The van der Waals surface area contributed by atoms with Gasteiger partial charge >= 0.3 is 0 Å². The first-order valence-electron chi connectivity index (χ1n) is 11.4. The minimum Gasteiger partial charge on any atom is -0.339 e. The highest BCUT2D eigenvalue weighted by Gasteiger charge is 2.41. The molecule has 2 unspecified atom stereocenters. The molecule has 1 amide bonds.